The third-order valence-corrected chi connectivity index (χ3v) is 3.61. The fourth-order valence-corrected chi connectivity index (χ4v) is 2.81. The van der Waals surface area contributed by atoms with Gasteiger partial charge in [0.15, 0.2) is 0 Å². The van der Waals surface area contributed by atoms with Gasteiger partial charge in [-0.05, 0) is 0 Å². The number of fused-ring (bicyclic) bond motifs is 1. The van der Waals surface area contributed by atoms with Crippen LogP contribution in [0.2, 0.25) is 0 Å². The Morgan fingerprint density at radius 3 is 3.20 bits per heavy atom. The van der Waals surface area contributed by atoms with Crippen LogP contribution in [-0.4, -0.2) is 40.6 Å². The minimum absolute atomic E-state index is 0.0214. The lowest BCUT2D eigenvalue weighted by atomic mass is 10.1. The van der Waals surface area contributed by atoms with Crippen molar-refractivity contribution in [2.75, 3.05) is 12.4 Å². The zero-order valence-corrected chi connectivity index (χ0v) is 9.12. The van der Waals surface area contributed by atoms with Gasteiger partial charge in [0, 0.05) is 12.7 Å². The number of ether oxygens (including phenoxy) is 1. The number of carbonyl (C=O) groups is 2. The van der Waals surface area contributed by atoms with E-state index in [9.17, 15) is 9.59 Å². The van der Waals surface area contributed by atoms with Gasteiger partial charge in [0.25, 0.3) is 0 Å². The van der Waals surface area contributed by atoms with Gasteiger partial charge < -0.3 is 10.5 Å². The first-order valence-electron chi connectivity index (χ1n) is 4.64. The van der Waals surface area contributed by atoms with Crippen molar-refractivity contribution in [2.24, 2.45) is 5.73 Å². The van der Waals surface area contributed by atoms with E-state index < -0.39 is 6.04 Å². The van der Waals surface area contributed by atoms with Crippen molar-refractivity contribution < 1.29 is 14.3 Å². The molecule has 0 radical (unpaired) electrons. The highest BCUT2D eigenvalue weighted by atomic mass is 32.2. The highest BCUT2D eigenvalue weighted by Crippen LogP contribution is 2.36. The molecule has 2 atom stereocenters. The second kappa shape index (κ2) is 3.86. The molecule has 2 N–H and O–H groups in total. The van der Waals surface area contributed by atoms with Crippen molar-refractivity contribution in [3.05, 3.63) is 11.8 Å². The van der Waals surface area contributed by atoms with E-state index in [1.54, 1.807) is 16.7 Å². The molecule has 2 heterocycles. The molecule has 1 fully saturated rings. The molecule has 0 aliphatic carbocycles. The molecular weight excluding hydrogens is 216 g/mol. The Kier molecular flexibility index (Phi) is 2.70. The summed E-state index contributed by atoms with van der Waals surface area (Å²) in [4.78, 5) is 23.7. The average Bonchev–Trinajstić information content (AvgIpc) is 2.24. The number of nitrogens with zero attached hydrogens (tertiary/aromatic N) is 1. The molecule has 1 saturated heterocycles. The quantitative estimate of drug-likeness (QED) is 0.518. The lowest BCUT2D eigenvalue weighted by Gasteiger charge is -2.47. The van der Waals surface area contributed by atoms with Crippen LogP contribution < -0.4 is 5.73 Å². The normalized spacial score (nSPS) is 29.1. The standard InChI is InChI=1S/C9H12N2O3S/c1-5(12)14-4-6-2-3-15-9-7(10)8(13)11(6)9/h2,7,9H,3-4,10H2,1H3. The van der Waals surface area contributed by atoms with E-state index in [0.29, 0.717) is 0 Å². The highest BCUT2D eigenvalue weighted by molar-refractivity contribution is 8.00. The lowest BCUT2D eigenvalue weighted by molar-refractivity contribution is -0.146. The summed E-state index contributed by atoms with van der Waals surface area (Å²) in [5.74, 6) is 0.368. The number of rotatable bonds is 2. The number of esters is 1. The van der Waals surface area contributed by atoms with Crippen molar-refractivity contribution in [2.45, 2.75) is 18.3 Å². The fraction of sp³-hybridized carbons (Fsp3) is 0.556. The van der Waals surface area contributed by atoms with Gasteiger partial charge in [0.2, 0.25) is 5.91 Å². The summed E-state index contributed by atoms with van der Waals surface area (Å²) in [5.41, 5.74) is 6.40. The summed E-state index contributed by atoms with van der Waals surface area (Å²) in [7, 11) is 0. The Balaban J connectivity index is 2.02. The Hall–Kier alpha value is -1.01. The number of hydrogen-bond donors (Lipinski definition) is 1. The summed E-state index contributed by atoms with van der Waals surface area (Å²) < 4.78 is 4.87. The van der Waals surface area contributed by atoms with Gasteiger partial charge in [-0.2, -0.15) is 0 Å². The van der Waals surface area contributed by atoms with Crippen LogP contribution in [0.4, 0.5) is 0 Å². The molecule has 0 aromatic rings. The molecule has 15 heavy (non-hydrogen) atoms. The predicted octanol–water partition coefficient (Wildman–Crippen LogP) is -0.324. The minimum atomic E-state index is -0.406. The van der Waals surface area contributed by atoms with Crippen LogP contribution in [0.3, 0.4) is 0 Å². The van der Waals surface area contributed by atoms with Crippen LogP contribution in [-0.2, 0) is 14.3 Å². The predicted molar refractivity (Wildman–Crippen MR) is 55.8 cm³/mol. The SMILES string of the molecule is CC(=O)OCC1=CCSC2C(N)C(=O)N12. The van der Waals surface area contributed by atoms with Crippen molar-refractivity contribution in [3.63, 3.8) is 0 Å². The van der Waals surface area contributed by atoms with E-state index in [1.807, 2.05) is 6.08 Å². The van der Waals surface area contributed by atoms with Gasteiger partial charge in [0.1, 0.15) is 18.0 Å². The summed E-state index contributed by atoms with van der Waals surface area (Å²) >= 11 is 1.63. The van der Waals surface area contributed by atoms with Crippen molar-refractivity contribution in [1.29, 1.82) is 0 Å². The zero-order valence-electron chi connectivity index (χ0n) is 8.30. The van der Waals surface area contributed by atoms with E-state index in [0.717, 1.165) is 11.4 Å². The molecule has 0 aromatic heterocycles. The van der Waals surface area contributed by atoms with Gasteiger partial charge in [0.05, 0.1) is 5.70 Å². The van der Waals surface area contributed by atoms with Gasteiger partial charge in [-0.3, -0.25) is 14.5 Å². The van der Waals surface area contributed by atoms with E-state index in [2.05, 4.69) is 0 Å². The molecule has 2 aliphatic heterocycles. The van der Waals surface area contributed by atoms with Crippen LogP contribution >= 0.6 is 11.8 Å². The topological polar surface area (TPSA) is 72.6 Å². The monoisotopic (exact) mass is 228 g/mol. The Labute approximate surface area is 91.6 Å². The second-order valence-electron chi connectivity index (χ2n) is 3.43. The van der Waals surface area contributed by atoms with Gasteiger partial charge in [-0.25, -0.2) is 0 Å². The molecule has 1 amide bonds. The van der Waals surface area contributed by atoms with Crippen LogP contribution in [0.25, 0.3) is 0 Å². The Bertz CT molecular complexity index is 342. The maximum absolute atomic E-state index is 11.5. The highest BCUT2D eigenvalue weighted by Gasteiger charge is 2.48. The van der Waals surface area contributed by atoms with E-state index in [1.165, 1.54) is 6.92 Å². The van der Waals surface area contributed by atoms with Crippen LogP contribution in [0, 0.1) is 0 Å². The first-order chi connectivity index (χ1) is 7.11. The molecule has 0 saturated carbocycles. The van der Waals surface area contributed by atoms with Crippen LogP contribution in [0.5, 0.6) is 0 Å². The fourth-order valence-electron chi connectivity index (χ4n) is 1.61. The number of β-lactam (4-membered cyclic amide) rings is 1. The Morgan fingerprint density at radius 2 is 2.53 bits per heavy atom. The zero-order chi connectivity index (χ0) is 11.0. The molecule has 2 aliphatic rings. The van der Waals surface area contributed by atoms with E-state index in [4.69, 9.17) is 10.5 Å². The van der Waals surface area contributed by atoms with Crippen molar-refractivity contribution in [3.8, 4) is 0 Å². The van der Waals surface area contributed by atoms with Crippen molar-refractivity contribution in [1.82, 2.24) is 4.90 Å². The molecule has 82 valence electrons. The van der Waals surface area contributed by atoms with Crippen LogP contribution in [0.15, 0.2) is 11.8 Å². The molecule has 0 spiro atoms. The lowest BCUT2D eigenvalue weighted by Crippen LogP contribution is -2.67. The number of thioether (sulfide) groups is 1. The van der Waals surface area contributed by atoms with Gasteiger partial charge in [-0.15, -0.1) is 11.8 Å². The summed E-state index contributed by atoms with van der Waals surface area (Å²) in [6, 6.07) is -0.406. The molecule has 0 bridgehead atoms. The number of carbonyl (C=O) groups excluding carboxylic acids is 2. The smallest absolute Gasteiger partial charge is 0.303 e. The maximum Gasteiger partial charge on any atom is 0.303 e. The van der Waals surface area contributed by atoms with Gasteiger partial charge in [-0.1, -0.05) is 6.08 Å². The van der Waals surface area contributed by atoms with Crippen LogP contribution in [0.1, 0.15) is 6.92 Å². The average molecular weight is 228 g/mol. The first kappa shape index (κ1) is 10.5. The molecular formula is C9H12N2O3S. The third-order valence-electron chi connectivity index (χ3n) is 2.40. The Morgan fingerprint density at radius 1 is 1.80 bits per heavy atom. The number of nitrogens with two attached hydrogens (primary N) is 1. The third kappa shape index (κ3) is 1.74. The largest absolute Gasteiger partial charge is 0.459 e. The summed E-state index contributed by atoms with van der Waals surface area (Å²) in [6.07, 6.45) is 1.90. The molecule has 0 aromatic carbocycles. The molecule has 2 unspecified atom stereocenters. The second-order valence-corrected chi connectivity index (χ2v) is 4.58. The summed E-state index contributed by atoms with van der Waals surface area (Å²) in [6.45, 7) is 1.50. The molecule has 5 nitrogen and oxygen atoms in total. The van der Waals surface area contributed by atoms with E-state index >= 15 is 0 Å². The molecule has 2 rings (SSSR count). The van der Waals surface area contributed by atoms with E-state index in [-0.39, 0.29) is 23.9 Å². The van der Waals surface area contributed by atoms with Gasteiger partial charge >= 0.3 is 5.97 Å². The minimum Gasteiger partial charge on any atom is -0.459 e. The number of hydrogen-bond acceptors (Lipinski definition) is 5. The van der Waals surface area contributed by atoms with Crippen molar-refractivity contribution >= 4 is 23.6 Å². The summed E-state index contributed by atoms with van der Waals surface area (Å²) in [5, 5.41) is 0.0214. The maximum atomic E-state index is 11.5. The number of amides is 1. The first-order valence-corrected chi connectivity index (χ1v) is 5.69. The molecule has 6 heteroatoms.